The number of rotatable bonds is 7. The first-order valence-corrected chi connectivity index (χ1v) is 7.66. The molecule has 122 valence electrons. The molecule has 0 radical (unpaired) electrons. The highest BCUT2D eigenvalue weighted by molar-refractivity contribution is 9.10. The van der Waals surface area contributed by atoms with Crippen LogP contribution in [0.5, 0.6) is 0 Å². The highest BCUT2D eigenvalue weighted by atomic mass is 79.9. The Morgan fingerprint density at radius 2 is 2.22 bits per heavy atom. The van der Waals surface area contributed by atoms with Crippen molar-refractivity contribution in [1.29, 1.82) is 0 Å². The third-order valence-electron chi connectivity index (χ3n) is 3.06. The van der Waals surface area contributed by atoms with Crippen LogP contribution in [0, 0.1) is 6.92 Å². The SMILES string of the molecule is Cc1c(C(=O)NCCOCC(=O)O)cnn1-c1cccc(Br)c1. The monoisotopic (exact) mass is 381 g/mol. The maximum atomic E-state index is 12.1. The van der Waals surface area contributed by atoms with Crippen LogP contribution in [0.3, 0.4) is 0 Å². The molecule has 8 heteroatoms. The maximum absolute atomic E-state index is 12.1. The van der Waals surface area contributed by atoms with Crippen molar-refractivity contribution in [2.45, 2.75) is 6.92 Å². The predicted molar refractivity (Wildman–Crippen MR) is 86.8 cm³/mol. The summed E-state index contributed by atoms with van der Waals surface area (Å²) in [6.45, 7) is 1.80. The van der Waals surface area contributed by atoms with Crippen molar-refractivity contribution in [2.75, 3.05) is 19.8 Å². The Balaban J connectivity index is 1.98. The molecular formula is C15H16BrN3O4. The maximum Gasteiger partial charge on any atom is 0.329 e. The van der Waals surface area contributed by atoms with Crippen LogP contribution >= 0.6 is 15.9 Å². The highest BCUT2D eigenvalue weighted by Crippen LogP contribution is 2.18. The number of hydrogen-bond acceptors (Lipinski definition) is 4. The second-order valence-electron chi connectivity index (χ2n) is 4.74. The van der Waals surface area contributed by atoms with Crippen molar-refractivity contribution in [3.05, 3.63) is 46.2 Å². The summed E-state index contributed by atoms with van der Waals surface area (Å²) in [7, 11) is 0. The van der Waals surface area contributed by atoms with E-state index in [2.05, 4.69) is 26.3 Å². The molecule has 0 aliphatic carbocycles. The van der Waals surface area contributed by atoms with E-state index in [0.29, 0.717) is 11.3 Å². The first-order chi connectivity index (χ1) is 11.0. The highest BCUT2D eigenvalue weighted by Gasteiger charge is 2.14. The second kappa shape index (κ2) is 7.89. The number of hydrogen-bond donors (Lipinski definition) is 2. The molecule has 1 heterocycles. The normalized spacial score (nSPS) is 10.5. The molecule has 1 amide bonds. The smallest absolute Gasteiger partial charge is 0.329 e. The molecular weight excluding hydrogens is 366 g/mol. The van der Waals surface area contributed by atoms with E-state index in [1.54, 1.807) is 4.68 Å². The Bertz CT molecular complexity index is 714. The fourth-order valence-corrected chi connectivity index (χ4v) is 2.38. The lowest BCUT2D eigenvalue weighted by Gasteiger charge is -2.07. The third kappa shape index (κ3) is 4.64. The van der Waals surface area contributed by atoms with Gasteiger partial charge in [-0.15, -0.1) is 0 Å². The molecule has 0 bridgehead atoms. The van der Waals surface area contributed by atoms with E-state index in [1.807, 2.05) is 31.2 Å². The van der Waals surface area contributed by atoms with Crippen LogP contribution in [0.1, 0.15) is 16.1 Å². The van der Waals surface area contributed by atoms with Gasteiger partial charge in [0.05, 0.1) is 29.7 Å². The number of carboxylic acid groups (broad SMARTS) is 1. The lowest BCUT2D eigenvalue weighted by Crippen LogP contribution is -2.28. The lowest BCUT2D eigenvalue weighted by molar-refractivity contribution is -0.142. The third-order valence-corrected chi connectivity index (χ3v) is 3.56. The molecule has 1 aromatic carbocycles. The van der Waals surface area contributed by atoms with Gasteiger partial charge in [-0.25, -0.2) is 9.48 Å². The topological polar surface area (TPSA) is 93.4 Å². The molecule has 0 fully saturated rings. The van der Waals surface area contributed by atoms with Gasteiger partial charge in [0.25, 0.3) is 5.91 Å². The Morgan fingerprint density at radius 1 is 1.43 bits per heavy atom. The van der Waals surface area contributed by atoms with Crippen molar-refractivity contribution in [2.24, 2.45) is 0 Å². The van der Waals surface area contributed by atoms with Gasteiger partial charge in [-0.2, -0.15) is 5.10 Å². The van der Waals surface area contributed by atoms with E-state index in [9.17, 15) is 9.59 Å². The zero-order valence-electron chi connectivity index (χ0n) is 12.5. The fraction of sp³-hybridized carbons (Fsp3) is 0.267. The summed E-state index contributed by atoms with van der Waals surface area (Å²) in [5.41, 5.74) is 2.02. The molecule has 2 rings (SSSR count). The number of aliphatic carboxylic acids is 1. The largest absolute Gasteiger partial charge is 0.480 e. The molecule has 2 aromatic rings. The predicted octanol–water partition coefficient (Wildman–Crippen LogP) is 1.77. The standard InChI is InChI=1S/C15H16BrN3O4/c1-10-13(15(22)17-5-6-23-9-14(20)21)8-18-19(10)12-4-2-3-11(16)7-12/h2-4,7-8H,5-6,9H2,1H3,(H,17,22)(H,20,21). The second-order valence-corrected chi connectivity index (χ2v) is 5.65. The van der Waals surface area contributed by atoms with Gasteiger partial charge in [-0.3, -0.25) is 4.79 Å². The number of benzene rings is 1. The molecule has 23 heavy (non-hydrogen) atoms. The van der Waals surface area contributed by atoms with E-state index < -0.39 is 5.97 Å². The van der Waals surface area contributed by atoms with Gasteiger partial charge in [-0.05, 0) is 25.1 Å². The minimum atomic E-state index is -1.04. The zero-order chi connectivity index (χ0) is 16.8. The number of aromatic nitrogens is 2. The molecule has 0 atom stereocenters. The van der Waals surface area contributed by atoms with Crippen LogP contribution in [0.4, 0.5) is 0 Å². The van der Waals surface area contributed by atoms with Gasteiger partial charge in [0.2, 0.25) is 0 Å². The first-order valence-electron chi connectivity index (χ1n) is 6.87. The van der Waals surface area contributed by atoms with Gasteiger partial charge in [-0.1, -0.05) is 22.0 Å². The van der Waals surface area contributed by atoms with Crippen LogP contribution in [0.25, 0.3) is 5.69 Å². The van der Waals surface area contributed by atoms with E-state index in [0.717, 1.165) is 10.2 Å². The van der Waals surface area contributed by atoms with Gasteiger partial charge in [0, 0.05) is 11.0 Å². The summed E-state index contributed by atoms with van der Waals surface area (Å²) in [5.74, 6) is -1.31. The minimum Gasteiger partial charge on any atom is -0.480 e. The quantitative estimate of drug-likeness (QED) is 0.712. The average molecular weight is 382 g/mol. The Labute approximate surface area is 141 Å². The molecule has 2 N–H and O–H groups in total. The van der Waals surface area contributed by atoms with E-state index in [4.69, 9.17) is 9.84 Å². The van der Waals surface area contributed by atoms with Crippen molar-refractivity contribution in [3.63, 3.8) is 0 Å². The van der Waals surface area contributed by atoms with Crippen molar-refractivity contribution >= 4 is 27.8 Å². The van der Waals surface area contributed by atoms with Gasteiger partial charge >= 0.3 is 5.97 Å². The van der Waals surface area contributed by atoms with E-state index in [1.165, 1.54) is 6.20 Å². The Morgan fingerprint density at radius 3 is 2.91 bits per heavy atom. The number of ether oxygens (including phenoxy) is 1. The van der Waals surface area contributed by atoms with Gasteiger partial charge < -0.3 is 15.2 Å². The van der Waals surface area contributed by atoms with Crippen LogP contribution in [-0.4, -0.2) is 46.5 Å². The van der Waals surface area contributed by atoms with Crippen LogP contribution in [0.2, 0.25) is 0 Å². The molecule has 1 aromatic heterocycles. The Hall–Kier alpha value is -2.19. The fourth-order valence-electron chi connectivity index (χ4n) is 1.99. The summed E-state index contributed by atoms with van der Waals surface area (Å²) in [5, 5.41) is 15.4. The van der Waals surface area contributed by atoms with Crippen molar-refractivity contribution in [1.82, 2.24) is 15.1 Å². The molecule has 0 spiro atoms. The number of halogens is 1. The zero-order valence-corrected chi connectivity index (χ0v) is 14.0. The summed E-state index contributed by atoms with van der Waals surface area (Å²) >= 11 is 3.40. The minimum absolute atomic E-state index is 0.136. The summed E-state index contributed by atoms with van der Waals surface area (Å²) < 4.78 is 7.46. The number of carbonyl (C=O) groups excluding carboxylic acids is 1. The Kier molecular flexibility index (Phi) is 5.89. The molecule has 7 nitrogen and oxygen atoms in total. The van der Waals surface area contributed by atoms with E-state index >= 15 is 0 Å². The van der Waals surface area contributed by atoms with Crippen molar-refractivity contribution in [3.8, 4) is 5.69 Å². The first kappa shape index (κ1) is 17.2. The lowest BCUT2D eigenvalue weighted by atomic mass is 10.2. The average Bonchev–Trinajstić information content (AvgIpc) is 2.88. The van der Waals surface area contributed by atoms with Crippen LogP contribution in [-0.2, 0) is 9.53 Å². The number of nitrogens with zero attached hydrogens (tertiary/aromatic N) is 2. The molecule has 0 aliphatic rings. The molecule has 0 saturated heterocycles. The number of amides is 1. The summed E-state index contributed by atoms with van der Waals surface area (Å²) in [4.78, 5) is 22.4. The van der Waals surface area contributed by atoms with Crippen LogP contribution < -0.4 is 5.32 Å². The number of nitrogens with one attached hydrogen (secondary N) is 1. The van der Waals surface area contributed by atoms with Crippen molar-refractivity contribution < 1.29 is 19.4 Å². The molecule has 0 saturated carbocycles. The van der Waals surface area contributed by atoms with Gasteiger partial charge in [0.1, 0.15) is 6.61 Å². The molecule has 0 unspecified atom stereocenters. The summed E-state index contributed by atoms with van der Waals surface area (Å²) in [6, 6.07) is 7.60. The number of carboxylic acids is 1. The number of carbonyl (C=O) groups is 2. The van der Waals surface area contributed by atoms with Crippen LogP contribution in [0.15, 0.2) is 34.9 Å². The van der Waals surface area contributed by atoms with E-state index in [-0.39, 0.29) is 25.7 Å². The van der Waals surface area contributed by atoms with Gasteiger partial charge in [0.15, 0.2) is 0 Å². The molecule has 0 aliphatic heterocycles. The summed E-state index contributed by atoms with van der Waals surface area (Å²) in [6.07, 6.45) is 1.50.